The third kappa shape index (κ3) is 8.80. The number of nitrogens with zero attached hydrogens (tertiary/aromatic N) is 4. The summed E-state index contributed by atoms with van der Waals surface area (Å²) in [4.78, 5) is 16.9. The molecule has 227 valence electrons. The van der Waals surface area contributed by atoms with Gasteiger partial charge in [-0.2, -0.15) is 0 Å². The van der Waals surface area contributed by atoms with Gasteiger partial charge in [0.1, 0.15) is 12.4 Å². The molecule has 0 bridgehead atoms. The van der Waals surface area contributed by atoms with Crippen LogP contribution in [0.1, 0.15) is 65.4 Å². The Hall–Kier alpha value is -2.40. The molecule has 10 heteroatoms. The van der Waals surface area contributed by atoms with Crippen molar-refractivity contribution in [3.63, 3.8) is 0 Å². The van der Waals surface area contributed by atoms with Crippen LogP contribution in [0, 0.1) is 11.7 Å². The third-order valence-electron chi connectivity index (χ3n) is 8.30. The molecule has 1 aromatic heterocycles. The Bertz CT molecular complexity index is 1140. The Kier molecular flexibility index (Phi) is 10.9. The summed E-state index contributed by atoms with van der Waals surface area (Å²) >= 11 is 0. The predicted octanol–water partition coefficient (Wildman–Crippen LogP) is 6.96. The number of hydrogen-bond acceptors (Lipinski definition) is 8. The zero-order valence-corrected chi connectivity index (χ0v) is 26.6. The summed E-state index contributed by atoms with van der Waals surface area (Å²) in [7, 11) is -1.98. The summed E-state index contributed by atoms with van der Waals surface area (Å²) in [5.74, 6) is 0.610. The zero-order chi connectivity index (χ0) is 29.5. The van der Waals surface area contributed by atoms with Crippen LogP contribution in [0.4, 0.5) is 10.3 Å². The van der Waals surface area contributed by atoms with E-state index >= 15 is 4.39 Å². The molecule has 2 unspecified atom stereocenters. The summed E-state index contributed by atoms with van der Waals surface area (Å²) in [6, 6.07) is 5.42. The van der Waals surface area contributed by atoms with E-state index in [2.05, 4.69) is 60.8 Å². The third-order valence-corrected chi connectivity index (χ3v) is 12.8. The highest BCUT2D eigenvalue weighted by molar-refractivity contribution is 6.74. The second-order valence-corrected chi connectivity index (χ2v) is 17.6. The molecular weight excluding hydrogens is 539 g/mol. The van der Waals surface area contributed by atoms with Gasteiger partial charge in [-0.3, -0.25) is 0 Å². The average Bonchev–Trinajstić information content (AvgIpc) is 2.96. The highest BCUT2D eigenvalue weighted by atomic mass is 28.4. The lowest BCUT2D eigenvalue weighted by Gasteiger charge is -2.48. The maximum atomic E-state index is 15.4. The molecule has 2 fully saturated rings. The van der Waals surface area contributed by atoms with Crippen LogP contribution in [0.5, 0.6) is 0 Å². The minimum atomic E-state index is -1.98. The summed E-state index contributed by atoms with van der Waals surface area (Å²) in [6.07, 6.45) is 8.16. The smallest absolute Gasteiger partial charge is 0.225 e. The molecule has 3 heterocycles. The average molecular weight is 587 g/mol. The van der Waals surface area contributed by atoms with Crippen molar-refractivity contribution in [2.75, 3.05) is 37.8 Å². The molecule has 2 aromatic rings. The number of anilines is 1. The molecule has 2 aliphatic heterocycles. The molecule has 2 saturated heterocycles. The molecule has 0 spiro atoms. The molecule has 0 aliphatic carbocycles. The van der Waals surface area contributed by atoms with Gasteiger partial charge in [-0.1, -0.05) is 51.0 Å². The van der Waals surface area contributed by atoms with Crippen molar-refractivity contribution >= 4 is 20.0 Å². The van der Waals surface area contributed by atoms with Gasteiger partial charge in [0.25, 0.3) is 0 Å². The van der Waals surface area contributed by atoms with E-state index in [0.29, 0.717) is 35.9 Å². The van der Waals surface area contributed by atoms with Crippen LogP contribution in [-0.4, -0.2) is 63.2 Å². The van der Waals surface area contributed by atoms with Crippen LogP contribution in [0.25, 0.3) is 11.1 Å². The molecule has 41 heavy (non-hydrogen) atoms. The van der Waals surface area contributed by atoms with Gasteiger partial charge in [0.15, 0.2) is 6.29 Å². The van der Waals surface area contributed by atoms with Crippen molar-refractivity contribution < 1.29 is 23.1 Å². The molecule has 2 atom stereocenters. The summed E-state index contributed by atoms with van der Waals surface area (Å²) < 4.78 is 33.2. The molecule has 0 N–H and O–H groups in total. The Morgan fingerprint density at radius 3 is 2.51 bits per heavy atom. The Labute approximate surface area is 245 Å². The van der Waals surface area contributed by atoms with Gasteiger partial charge in [-0.15, -0.1) is 18.1 Å². The largest absolute Gasteiger partial charge is 0.561 e. The fourth-order valence-electron chi connectivity index (χ4n) is 4.49. The highest BCUT2D eigenvalue weighted by Crippen LogP contribution is 2.37. The number of ether oxygens (including phenoxy) is 2. The molecular formula is C31H47FN4O4Si-. The van der Waals surface area contributed by atoms with Crippen molar-refractivity contribution in [2.24, 2.45) is 11.1 Å². The van der Waals surface area contributed by atoms with Crippen molar-refractivity contribution in [1.29, 1.82) is 0 Å². The highest BCUT2D eigenvalue weighted by Gasteiger charge is 2.25. The van der Waals surface area contributed by atoms with Crippen molar-refractivity contribution in [3.8, 4) is 11.1 Å². The number of benzene rings is 1. The second kappa shape index (κ2) is 14.2. The van der Waals surface area contributed by atoms with Gasteiger partial charge in [-0.05, 0) is 27.6 Å². The van der Waals surface area contributed by atoms with E-state index in [4.69, 9.17) is 18.7 Å². The standard InChI is InChI=1S/C31H47FN4O4Si/c1-23(20-38-28-12-7-8-17-37-28)21-39-35-26-13-15-36(16-14-26)30-33-18-25(19-34-30)27-11-9-10-24(29(27)32)22-40-41(5,6)31(2,3)4/h9-11,18-19,23,28H,7-8,12-17,20-22H2,1-6H3/q-1. The Morgan fingerprint density at radius 1 is 1.12 bits per heavy atom. The van der Waals surface area contributed by atoms with Crippen LogP contribution in [-0.2, 0) is 25.3 Å². The lowest BCUT2D eigenvalue weighted by Crippen LogP contribution is -2.40. The number of piperidine rings is 1. The van der Waals surface area contributed by atoms with E-state index < -0.39 is 8.32 Å². The lowest BCUT2D eigenvalue weighted by atomic mass is 10.1. The number of halogens is 1. The first-order chi connectivity index (χ1) is 19.5. The normalized spacial score (nSPS) is 19.2. The van der Waals surface area contributed by atoms with Crippen molar-refractivity contribution in [3.05, 3.63) is 42.0 Å². The summed E-state index contributed by atoms with van der Waals surface area (Å²) in [5.41, 5.74) is 2.74. The molecule has 1 aromatic carbocycles. The first-order valence-electron chi connectivity index (χ1n) is 14.9. The minimum absolute atomic E-state index is 0.0663. The molecule has 8 nitrogen and oxygen atoms in total. The summed E-state index contributed by atoms with van der Waals surface area (Å²) in [6.45, 7) is 16.7. The van der Waals surface area contributed by atoms with Crippen LogP contribution < -0.4 is 4.90 Å². The molecule has 0 saturated carbocycles. The maximum absolute atomic E-state index is 15.4. The predicted molar refractivity (Wildman–Crippen MR) is 163 cm³/mol. The first kappa shape index (κ1) is 31.5. The van der Waals surface area contributed by atoms with E-state index in [1.807, 2.05) is 6.07 Å². The fraction of sp³-hybridized carbons (Fsp3) is 0.645. The Balaban J connectivity index is 1.25. The van der Waals surface area contributed by atoms with Gasteiger partial charge in [-0.25, -0.2) is 14.4 Å². The molecule has 0 radical (unpaired) electrons. The van der Waals surface area contributed by atoms with Crippen molar-refractivity contribution in [2.45, 2.75) is 90.8 Å². The number of rotatable bonds is 11. The van der Waals surface area contributed by atoms with Gasteiger partial charge >= 0.3 is 0 Å². The molecule has 4 rings (SSSR count). The second-order valence-electron chi connectivity index (χ2n) is 12.8. The van der Waals surface area contributed by atoms with Gasteiger partial charge in [0.2, 0.25) is 5.95 Å². The van der Waals surface area contributed by atoms with Crippen LogP contribution in [0.15, 0.2) is 35.7 Å². The topological polar surface area (TPSA) is 78.3 Å². The van der Waals surface area contributed by atoms with E-state index in [1.165, 1.54) is 0 Å². The number of aromatic nitrogens is 2. The number of hydrogen-bond donors (Lipinski definition) is 0. The maximum Gasteiger partial charge on any atom is 0.225 e. The quantitative estimate of drug-likeness (QED) is 0.208. The molecule has 2 aliphatic rings. The number of oxime groups is 1. The van der Waals surface area contributed by atoms with Crippen LogP contribution in [0.2, 0.25) is 18.1 Å². The van der Waals surface area contributed by atoms with Gasteiger partial charge in [0, 0.05) is 74.1 Å². The van der Waals surface area contributed by atoms with E-state index in [1.54, 1.807) is 24.5 Å². The minimum Gasteiger partial charge on any atom is -0.561 e. The van der Waals surface area contributed by atoms with Gasteiger partial charge in [0.05, 0.1) is 12.3 Å². The lowest BCUT2D eigenvalue weighted by molar-refractivity contribution is -0.170. The Morgan fingerprint density at radius 2 is 1.85 bits per heavy atom. The SMILES string of the molecule is CC(CON=C1CCN(c2ncc(-c3cccc(CO[Si-](C)(C)C(C)(C)C)c3F)cn2)CC1)COC1CCCCO1. The zero-order valence-electron chi connectivity index (χ0n) is 25.6. The van der Waals surface area contributed by atoms with Crippen molar-refractivity contribution in [1.82, 2.24) is 9.97 Å². The monoisotopic (exact) mass is 586 g/mol. The van der Waals surface area contributed by atoms with Crippen LogP contribution >= 0.6 is 0 Å². The van der Waals surface area contributed by atoms with Crippen LogP contribution in [0.3, 0.4) is 0 Å². The van der Waals surface area contributed by atoms with E-state index in [9.17, 15) is 0 Å². The summed E-state index contributed by atoms with van der Waals surface area (Å²) in [5, 5.41) is 4.44. The molecule has 0 amide bonds. The van der Waals surface area contributed by atoms with E-state index in [0.717, 1.165) is 57.5 Å². The van der Waals surface area contributed by atoms with E-state index in [-0.39, 0.29) is 29.7 Å². The first-order valence-corrected chi connectivity index (χ1v) is 17.8. The van der Waals surface area contributed by atoms with Gasteiger partial charge < -0.3 is 23.6 Å². The fourth-order valence-corrected chi connectivity index (χ4v) is 5.44.